The van der Waals surface area contributed by atoms with E-state index >= 15 is 0 Å². The van der Waals surface area contributed by atoms with Crippen molar-refractivity contribution >= 4 is 22.5 Å². The molecule has 0 saturated heterocycles. The number of ether oxygens (including phenoxy) is 1. The van der Waals surface area contributed by atoms with Crippen LogP contribution in [-0.4, -0.2) is 18.9 Å². The van der Waals surface area contributed by atoms with Gasteiger partial charge in [0.2, 0.25) is 5.78 Å². The largest absolute Gasteiger partial charge is 0.463 e. The Morgan fingerprint density at radius 3 is 2.53 bits per heavy atom. The van der Waals surface area contributed by atoms with Gasteiger partial charge in [0, 0.05) is 6.42 Å². The minimum atomic E-state index is -0.794. The van der Waals surface area contributed by atoms with Crippen LogP contribution in [0.1, 0.15) is 5.56 Å². The highest BCUT2D eigenvalue weighted by Gasteiger charge is 2.15. The summed E-state index contributed by atoms with van der Waals surface area (Å²) in [5.74, 6) is -1.32. The summed E-state index contributed by atoms with van der Waals surface area (Å²) in [4.78, 5) is 22.6. The highest BCUT2D eigenvalue weighted by Crippen LogP contribution is 2.19. The van der Waals surface area contributed by atoms with Gasteiger partial charge in [0.25, 0.3) is 0 Å². The Morgan fingerprint density at radius 1 is 1.06 bits per heavy atom. The Balaban J connectivity index is 2.36. The van der Waals surface area contributed by atoms with Gasteiger partial charge >= 0.3 is 5.97 Å². The molecule has 17 heavy (non-hydrogen) atoms. The zero-order valence-corrected chi connectivity index (χ0v) is 9.47. The fraction of sp³-hybridized carbons (Fsp3) is 0.143. The molecule has 0 heterocycles. The Kier molecular flexibility index (Phi) is 3.19. The van der Waals surface area contributed by atoms with Crippen molar-refractivity contribution in [3.05, 3.63) is 48.0 Å². The normalized spacial score (nSPS) is 10.2. The predicted molar refractivity (Wildman–Crippen MR) is 64.7 cm³/mol. The van der Waals surface area contributed by atoms with Crippen LogP contribution < -0.4 is 0 Å². The number of hydrogen-bond acceptors (Lipinski definition) is 3. The van der Waals surface area contributed by atoms with Gasteiger partial charge in [-0.2, -0.15) is 0 Å². The number of ketones is 1. The average molecular weight is 228 g/mol. The Bertz CT molecular complexity index is 567. The summed E-state index contributed by atoms with van der Waals surface area (Å²) in [6.45, 7) is 0. The van der Waals surface area contributed by atoms with Gasteiger partial charge in [0.15, 0.2) is 0 Å². The number of hydrogen-bond donors (Lipinski definition) is 0. The molecule has 0 saturated carbocycles. The van der Waals surface area contributed by atoms with Crippen LogP contribution in [0, 0.1) is 0 Å². The predicted octanol–water partition coefficient (Wildman–Crippen LogP) is 2.12. The Morgan fingerprint density at radius 2 is 1.76 bits per heavy atom. The third-order valence-electron chi connectivity index (χ3n) is 2.64. The molecule has 86 valence electrons. The summed E-state index contributed by atoms with van der Waals surface area (Å²) >= 11 is 0. The molecule has 2 rings (SSSR count). The lowest BCUT2D eigenvalue weighted by atomic mass is 10.0. The van der Waals surface area contributed by atoms with E-state index in [1.807, 2.05) is 42.5 Å². The van der Waals surface area contributed by atoms with Gasteiger partial charge in [-0.1, -0.05) is 42.5 Å². The van der Waals surface area contributed by atoms with E-state index in [0.29, 0.717) is 0 Å². The van der Waals surface area contributed by atoms with E-state index in [1.165, 1.54) is 7.11 Å². The van der Waals surface area contributed by atoms with Crippen LogP contribution in [0.15, 0.2) is 42.5 Å². The molecule has 0 bridgehead atoms. The maximum atomic E-state index is 11.5. The molecule has 0 unspecified atom stereocenters. The van der Waals surface area contributed by atoms with Gasteiger partial charge in [0.1, 0.15) is 0 Å². The second-order valence-electron chi connectivity index (χ2n) is 3.73. The lowest BCUT2D eigenvalue weighted by Gasteiger charge is -2.04. The van der Waals surface area contributed by atoms with Crippen LogP contribution >= 0.6 is 0 Å². The van der Waals surface area contributed by atoms with Crippen molar-refractivity contribution in [2.45, 2.75) is 6.42 Å². The van der Waals surface area contributed by atoms with Crippen LogP contribution in [0.25, 0.3) is 10.8 Å². The number of fused-ring (bicyclic) bond motifs is 1. The molecule has 0 aromatic heterocycles. The molecule has 2 aromatic carbocycles. The van der Waals surface area contributed by atoms with Crippen molar-refractivity contribution in [3.8, 4) is 0 Å². The molecule has 2 aromatic rings. The van der Waals surface area contributed by atoms with Crippen molar-refractivity contribution in [1.29, 1.82) is 0 Å². The number of rotatable bonds is 3. The van der Waals surface area contributed by atoms with Gasteiger partial charge in [-0.15, -0.1) is 0 Å². The van der Waals surface area contributed by atoms with Crippen molar-refractivity contribution in [2.24, 2.45) is 0 Å². The van der Waals surface area contributed by atoms with Gasteiger partial charge in [0.05, 0.1) is 7.11 Å². The first-order valence-electron chi connectivity index (χ1n) is 5.30. The third-order valence-corrected chi connectivity index (χ3v) is 2.64. The molecule has 0 atom stereocenters. The van der Waals surface area contributed by atoms with E-state index in [2.05, 4.69) is 4.74 Å². The Hall–Kier alpha value is -2.16. The van der Waals surface area contributed by atoms with Crippen molar-refractivity contribution < 1.29 is 14.3 Å². The van der Waals surface area contributed by atoms with Crippen LogP contribution in [-0.2, 0) is 20.7 Å². The van der Waals surface area contributed by atoms with E-state index in [-0.39, 0.29) is 6.42 Å². The maximum Gasteiger partial charge on any atom is 0.374 e. The second-order valence-corrected chi connectivity index (χ2v) is 3.73. The summed E-state index contributed by atoms with van der Waals surface area (Å²) < 4.78 is 4.41. The molecule has 0 fully saturated rings. The standard InChI is InChI=1S/C14H12O3/c1-17-14(16)13(15)9-11-7-4-6-10-5-2-3-8-12(10)11/h2-8H,9H2,1H3. The van der Waals surface area contributed by atoms with Crippen LogP contribution in [0.5, 0.6) is 0 Å². The van der Waals surface area contributed by atoms with E-state index in [0.717, 1.165) is 16.3 Å². The summed E-state index contributed by atoms with van der Waals surface area (Å²) in [6.07, 6.45) is 0.0774. The fourth-order valence-corrected chi connectivity index (χ4v) is 1.81. The lowest BCUT2D eigenvalue weighted by Crippen LogP contribution is -2.17. The lowest BCUT2D eigenvalue weighted by molar-refractivity contribution is -0.151. The summed E-state index contributed by atoms with van der Waals surface area (Å²) in [5, 5.41) is 2.05. The zero-order chi connectivity index (χ0) is 12.3. The quantitative estimate of drug-likeness (QED) is 0.597. The second kappa shape index (κ2) is 4.78. The SMILES string of the molecule is COC(=O)C(=O)Cc1cccc2ccccc12. The summed E-state index contributed by atoms with van der Waals surface area (Å²) in [7, 11) is 1.21. The molecule has 0 aliphatic heterocycles. The third kappa shape index (κ3) is 2.33. The van der Waals surface area contributed by atoms with Gasteiger partial charge in [-0.25, -0.2) is 4.79 Å². The van der Waals surface area contributed by atoms with Crippen LogP contribution in [0.3, 0.4) is 0 Å². The number of benzene rings is 2. The molecular weight excluding hydrogens is 216 g/mol. The summed E-state index contributed by atoms with van der Waals surface area (Å²) in [6, 6.07) is 13.5. The monoisotopic (exact) mass is 228 g/mol. The molecule has 0 radical (unpaired) electrons. The molecule has 0 spiro atoms. The number of Topliss-reactive ketones (excluding diaryl/α,β-unsaturated/α-hetero) is 1. The summed E-state index contributed by atoms with van der Waals surface area (Å²) in [5.41, 5.74) is 0.846. The fourth-order valence-electron chi connectivity index (χ4n) is 1.81. The minimum Gasteiger partial charge on any atom is -0.463 e. The van der Waals surface area contributed by atoms with E-state index in [9.17, 15) is 9.59 Å². The molecule has 0 amide bonds. The van der Waals surface area contributed by atoms with E-state index < -0.39 is 11.8 Å². The molecule has 3 heteroatoms. The molecule has 3 nitrogen and oxygen atoms in total. The van der Waals surface area contributed by atoms with Gasteiger partial charge in [-0.05, 0) is 16.3 Å². The molecular formula is C14H12O3. The first-order chi connectivity index (χ1) is 8.22. The zero-order valence-electron chi connectivity index (χ0n) is 9.47. The first kappa shape index (κ1) is 11.3. The number of carbonyl (C=O) groups is 2. The molecule has 0 aliphatic carbocycles. The number of esters is 1. The number of carbonyl (C=O) groups excluding carboxylic acids is 2. The maximum absolute atomic E-state index is 11.5. The van der Waals surface area contributed by atoms with Crippen molar-refractivity contribution in [3.63, 3.8) is 0 Å². The molecule has 0 N–H and O–H groups in total. The van der Waals surface area contributed by atoms with Crippen LogP contribution in [0.4, 0.5) is 0 Å². The molecule has 0 aliphatic rings. The topological polar surface area (TPSA) is 43.4 Å². The van der Waals surface area contributed by atoms with E-state index in [1.54, 1.807) is 0 Å². The highest BCUT2D eigenvalue weighted by atomic mass is 16.5. The average Bonchev–Trinajstić information content (AvgIpc) is 2.38. The van der Waals surface area contributed by atoms with Crippen molar-refractivity contribution in [2.75, 3.05) is 7.11 Å². The smallest absolute Gasteiger partial charge is 0.374 e. The Labute approximate surface area is 99.0 Å². The van der Waals surface area contributed by atoms with Gasteiger partial charge in [-0.3, -0.25) is 4.79 Å². The first-order valence-corrected chi connectivity index (χ1v) is 5.30. The number of methoxy groups -OCH3 is 1. The van der Waals surface area contributed by atoms with Crippen molar-refractivity contribution in [1.82, 2.24) is 0 Å². The minimum absolute atomic E-state index is 0.0774. The van der Waals surface area contributed by atoms with Crippen LogP contribution in [0.2, 0.25) is 0 Å². The van der Waals surface area contributed by atoms with E-state index in [4.69, 9.17) is 0 Å². The highest BCUT2D eigenvalue weighted by molar-refractivity contribution is 6.34. The van der Waals surface area contributed by atoms with Gasteiger partial charge < -0.3 is 4.74 Å².